The van der Waals surface area contributed by atoms with Gasteiger partial charge in [0.15, 0.2) is 11.6 Å². The van der Waals surface area contributed by atoms with Crippen molar-refractivity contribution in [1.29, 1.82) is 5.26 Å². The SMILES string of the molecule is CSc1nc(-c2ccco2)nc(C)c1C(=O)Nc1ccc(C#N)c(Cl)c1. The zero-order chi connectivity index (χ0) is 18.7. The molecule has 0 aliphatic heterocycles. The summed E-state index contributed by atoms with van der Waals surface area (Å²) in [5.74, 6) is 0.614. The molecule has 0 fully saturated rings. The largest absolute Gasteiger partial charge is 0.461 e. The maximum absolute atomic E-state index is 12.7. The summed E-state index contributed by atoms with van der Waals surface area (Å²) in [6.07, 6.45) is 3.38. The third-order valence-electron chi connectivity index (χ3n) is 3.57. The monoisotopic (exact) mass is 384 g/mol. The predicted octanol–water partition coefficient (Wildman–Crippen LogP) is 4.54. The lowest BCUT2D eigenvalue weighted by molar-refractivity contribution is 0.102. The molecule has 2 heterocycles. The maximum Gasteiger partial charge on any atom is 0.260 e. The van der Waals surface area contributed by atoms with E-state index in [9.17, 15) is 4.79 Å². The molecule has 0 radical (unpaired) electrons. The number of hydrogen-bond donors (Lipinski definition) is 1. The van der Waals surface area contributed by atoms with Crippen molar-refractivity contribution in [3.8, 4) is 17.7 Å². The van der Waals surface area contributed by atoms with Crippen LogP contribution in [0.5, 0.6) is 0 Å². The molecule has 3 rings (SSSR count). The Morgan fingerprint density at radius 3 is 2.77 bits per heavy atom. The molecular formula is C18H13ClN4O2S. The molecule has 0 saturated carbocycles. The Labute approximate surface area is 159 Å². The van der Waals surface area contributed by atoms with Gasteiger partial charge in [-0.25, -0.2) is 9.97 Å². The molecule has 0 unspecified atom stereocenters. The summed E-state index contributed by atoms with van der Waals surface area (Å²) in [5.41, 5.74) is 1.75. The number of anilines is 1. The summed E-state index contributed by atoms with van der Waals surface area (Å²) in [5, 5.41) is 12.5. The highest BCUT2D eigenvalue weighted by molar-refractivity contribution is 7.98. The molecule has 2 aromatic heterocycles. The maximum atomic E-state index is 12.7. The molecular weight excluding hydrogens is 372 g/mol. The van der Waals surface area contributed by atoms with Gasteiger partial charge in [0.25, 0.3) is 5.91 Å². The number of nitrogens with zero attached hydrogens (tertiary/aromatic N) is 3. The number of benzene rings is 1. The normalized spacial score (nSPS) is 10.4. The predicted molar refractivity (Wildman–Crippen MR) is 100 cm³/mol. The first-order valence-electron chi connectivity index (χ1n) is 7.51. The van der Waals surface area contributed by atoms with E-state index >= 15 is 0 Å². The molecule has 6 nitrogen and oxygen atoms in total. The van der Waals surface area contributed by atoms with Crippen LogP contribution in [0.4, 0.5) is 5.69 Å². The lowest BCUT2D eigenvalue weighted by atomic mass is 10.2. The van der Waals surface area contributed by atoms with Crippen LogP contribution in [-0.2, 0) is 0 Å². The number of amides is 1. The first-order chi connectivity index (χ1) is 12.5. The van der Waals surface area contributed by atoms with Crippen LogP contribution in [0.2, 0.25) is 5.02 Å². The number of thioether (sulfide) groups is 1. The summed E-state index contributed by atoms with van der Waals surface area (Å²) in [7, 11) is 0. The molecule has 0 saturated heterocycles. The van der Waals surface area contributed by atoms with Crippen LogP contribution in [0.25, 0.3) is 11.6 Å². The molecule has 1 N–H and O–H groups in total. The van der Waals surface area contributed by atoms with Crippen LogP contribution in [0.3, 0.4) is 0 Å². The number of carbonyl (C=O) groups is 1. The van der Waals surface area contributed by atoms with Gasteiger partial charge < -0.3 is 9.73 Å². The highest BCUT2D eigenvalue weighted by atomic mass is 35.5. The van der Waals surface area contributed by atoms with E-state index in [-0.39, 0.29) is 10.9 Å². The Bertz CT molecular complexity index is 1010. The van der Waals surface area contributed by atoms with E-state index < -0.39 is 0 Å². The van der Waals surface area contributed by atoms with Gasteiger partial charge in [0.1, 0.15) is 11.1 Å². The van der Waals surface area contributed by atoms with Crippen molar-refractivity contribution in [3.05, 3.63) is 58.4 Å². The summed E-state index contributed by atoms with van der Waals surface area (Å²) >= 11 is 7.36. The second-order valence-corrected chi connectivity index (χ2v) is 6.46. The molecule has 0 aliphatic rings. The number of carbonyl (C=O) groups excluding carboxylic acids is 1. The van der Waals surface area contributed by atoms with E-state index in [1.807, 2.05) is 12.3 Å². The molecule has 8 heteroatoms. The van der Waals surface area contributed by atoms with Gasteiger partial charge in [0.05, 0.1) is 28.1 Å². The van der Waals surface area contributed by atoms with Crippen molar-refractivity contribution in [2.45, 2.75) is 11.9 Å². The quantitative estimate of drug-likeness (QED) is 0.524. The Balaban J connectivity index is 1.94. The summed E-state index contributed by atoms with van der Waals surface area (Å²) in [6, 6.07) is 10.2. The Morgan fingerprint density at radius 2 is 2.15 bits per heavy atom. The third kappa shape index (κ3) is 3.57. The summed E-state index contributed by atoms with van der Waals surface area (Å²) < 4.78 is 5.33. The van der Waals surface area contributed by atoms with E-state index in [2.05, 4.69) is 15.3 Å². The Hall–Kier alpha value is -2.82. The first kappa shape index (κ1) is 18.0. The Kier molecular flexibility index (Phi) is 5.26. The highest BCUT2D eigenvalue weighted by Gasteiger charge is 2.20. The van der Waals surface area contributed by atoms with Crippen molar-refractivity contribution in [2.75, 3.05) is 11.6 Å². The van der Waals surface area contributed by atoms with Crippen molar-refractivity contribution in [1.82, 2.24) is 9.97 Å². The second kappa shape index (κ2) is 7.60. The van der Waals surface area contributed by atoms with E-state index in [4.69, 9.17) is 21.3 Å². The highest BCUT2D eigenvalue weighted by Crippen LogP contribution is 2.27. The smallest absolute Gasteiger partial charge is 0.260 e. The standard InChI is InChI=1S/C18H13ClN4O2S/c1-10-15(17(24)22-12-6-5-11(9-20)13(19)8-12)18(26-2)23-16(21-10)14-4-3-7-25-14/h3-8H,1-2H3,(H,22,24). The number of aryl methyl sites for hydroxylation is 1. The Morgan fingerprint density at radius 1 is 1.35 bits per heavy atom. The van der Waals surface area contributed by atoms with Crippen LogP contribution >= 0.6 is 23.4 Å². The second-order valence-electron chi connectivity index (χ2n) is 5.25. The van der Waals surface area contributed by atoms with Gasteiger partial charge in [0, 0.05) is 5.69 Å². The van der Waals surface area contributed by atoms with Crippen LogP contribution in [0.15, 0.2) is 46.0 Å². The summed E-state index contributed by atoms with van der Waals surface area (Å²) in [4.78, 5) is 21.6. The fourth-order valence-corrected chi connectivity index (χ4v) is 3.19. The molecule has 26 heavy (non-hydrogen) atoms. The molecule has 0 atom stereocenters. The van der Waals surface area contributed by atoms with Gasteiger partial charge in [0.2, 0.25) is 0 Å². The van der Waals surface area contributed by atoms with Gasteiger partial charge in [-0.2, -0.15) is 5.26 Å². The van der Waals surface area contributed by atoms with Crippen LogP contribution in [0.1, 0.15) is 21.6 Å². The van der Waals surface area contributed by atoms with Gasteiger partial charge in [-0.15, -0.1) is 11.8 Å². The van der Waals surface area contributed by atoms with Crippen molar-refractivity contribution >= 4 is 35.0 Å². The van der Waals surface area contributed by atoms with E-state index in [0.29, 0.717) is 39.1 Å². The lowest BCUT2D eigenvalue weighted by Gasteiger charge is -2.12. The lowest BCUT2D eigenvalue weighted by Crippen LogP contribution is -2.17. The minimum Gasteiger partial charge on any atom is -0.461 e. The van der Waals surface area contributed by atoms with Gasteiger partial charge >= 0.3 is 0 Å². The molecule has 0 spiro atoms. The number of nitrogens with one attached hydrogen (secondary N) is 1. The molecule has 3 aromatic rings. The van der Waals surface area contributed by atoms with Gasteiger partial charge in [-0.3, -0.25) is 4.79 Å². The summed E-state index contributed by atoms with van der Waals surface area (Å²) in [6.45, 7) is 1.74. The molecule has 130 valence electrons. The number of hydrogen-bond acceptors (Lipinski definition) is 6. The minimum atomic E-state index is -0.349. The number of aromatic nitrogens is 2. The zero-order valence-corrected chi connectivity index (χ0v) is 15.5. The average molecular weight is 385 g/mol. The van der Waals surface area contributed by atoms with Crippen molar-refractivity contribution in [3.63, 3.8) is 0 Å². The zero-order valence-electron chi connectivity index (χ0n) is 13.9. The van der Waals surface area contributed by atoms with E-state index in [1.54, 1.807) is 37.5 Å². The number of rotatable bonds is 4. The van der Waals surface area contributed by atoms with E-state index in [1.165, 1.54) is 17.8 Å². The average Bonchev–Trinajstić information content (AvgIpc) is 3.15. The topological polar surface area (TPSA) is 91.8 Å². The van der Waals surface area contributed by atoms with Gasteiger partial charge in [-0.1, -0.05) is 11.6 Å². The fraction of sp³-hybridized carbons (Fsp3) is 0.111. The first-order valence-corrected chi connectivity index (χ1v) is 9.11. The fourth-order valence-electron chi connectivity index (χ4n) is 2.35. The van der Waals surface area contributed by atoms with Gasteiger partial charge in [-0.05, 0) is 43.5 Å². The number of nitriles is 1. The van der Waals surface area contributed by atoms with Crippen molar-refractivity contribution in [2.24, 2.45) is 0 Å². The molecule has 1 amide bonds. The molecule has 1 aromatic carbocycles. The number of halogens is 1. The van der Waals surface area contributed by atoms with Crippen molar-refractivity contribution < 1.29 is 9.21 Å². The van der Waals surface area contributed by atoms with Crippen LogP contribution in [0, 0.1) is 18.3 Å². The van der Waals surface area contributed by atoms with E-state index in [0.717, 1.165) is 0 Å². The van der Waals surface area contributed by atoms with Crippen LogP contribution in [-0.4, -0.2) is 22.1 Å². The van der Waals surface area contributed by atoms with Crippen LogP contribution < -0.4 is 5.32 Å². The number of furan rings is 1. The third-order valence-corrected chi connectivity index (χ3v) is 4.56. The molecule has 0 bridgehead atoms. The molecule has 0 aliphatic carbocycles. The minimum absolute atomic E-state index is 0.275.